The number of anilines is 1. The van der Waals surface area contributed by atoms with E-state index < -0.39 is 6.04 Å². The number of thiazole rings is 1. The fourth-order valence-electron chi connectivity index (χ4n) is 4.92. The highest BCUT2D eigenvalue weighted by Gasteiger charge is 2.51. The fraction of sp³-hybridized carbons (Fsp3) is 0.417. The van der Waals surface area contributed by atoms with Crippen LogP contribution in [0.3, 0.4) is 0 Å². The Labute approximate surface area is 200 Å². The molecule has 0 unspecified atom stereocenters. The van der Waals surface area contributed by atoms with Crippen LogP contribution in [0.1, 0.15) is 32.1 Å². The molecule has 5 rings (SSSR count). The Kier molecular flexibility index (Phi) is 6.25. The van der Waals surface area contributed by atoms with Crippen LogP contribution in [0, 0.1) is 11.8 Å². The summed E-state index contributed by atoms with van der Waals surface area (Å²) in [5, 5.41) is 4.92. The summed E-state index contributed by atoms with van der Waals surface area (Å²) in [7, 11) is 0. The van der Waals surface area contributed by atoms with Crippen molar-refractivity contribution in [1.29, 1.82) is 0 Å². The van der Waals surface area contributed by atoms with Gasteiger partial charge < -0.3 is 5.32 Å². The van der Waals surface area contributed by atoms with Crippen molar-refractivity contribution in [2.75, 3.05) is 17.3 Å². The molecule has 1 aromatic carbocycles. The zero-order valence-corrected chi connectivity index (χ0v) is 20.0. The van der Waals surface area contributed by atoms with Gasteiger partial charge in [-0.05, 0) is 43.4 Å². The Hall–Kier alpha value is -2.65. The molecule has 3 atom stereocenters. The van der Waals surface area contributed by atoms with Crippen molar-refractivity contribution >= 4 is 51.5 Å². The van der Waals surface area contributed by atoms with Gasteiger partial charge in [0.15, 0.2) is 4.96 Å². The Morgan fingerprint density at radius 1 is 1.18 bits per heavy atom. The van der Waals surface area contributed by atoms with Gasteiger partial charge in [-0.1, -0.05) is 25.0 Å². The van der Waals surface area contributed by atoms with Gasteiger partial charge >= 0.3 is 0 Å². The molecule has 3 aromatic rings. The minimum atomic E-state index is -0.775. The van der Waals surface area contributed by atoms with E-state index in [1.807, 2.05) is 52.7 Å². The molecule has 1 aliphatic heterocycles. The lowest BCUT2D eigenvalue weighted by Gasteiger charge is -2.26. The highest BCUT2D eigenvalue weighted by Crippen LogP contribution is 2.39. The first-order valence-corrected chi connectivity index (χ1v) is 13.5. The largest absolute Gasteiger partial charge is 0.324 e. The molecule has 3 heterocycles. The number of amides is 3. The molecule has 172 valence electrons. The summed E-state index contributed by atoms with van der Waals surface area (Å²) >= 11 is 3.18. The van der Waals surface area contributed by atoms with E-state index in [2.05, 4.69) is 10.3 Å². The number of thioether (sulfide) groups is 1. The molecule has 2 aliphatic rings. The van der Waals surface area contributed by atoms with Crippen LogP contribution in [-0.2, 0) is 14.4 Å². The van der Waals surface area contributed by atoms with Crippen LogP contribution < -0.4 is 5.32 Å². The van der Waals surface area contributed by atoms with Crippen molar-refractivity contribution in [3.8, 4) is 11.3 Å². The molecule has 1 saturated heterocycles. The van der Waals surface area contributed by atoms with E-state index in [4.69, 9.17) is 0 Å². The van der Waals surface area contributed by atoms with Crippen LogP contribution in [0.5, 0.6) is 0 Å². The summed E-state index contributed by atoms with van der Waals surface area (Å²) in [6.07, 6.45) is 9.78. The molecule has 0 radical (unpaired) electrons. The summed E-state index contributed by atoms with van der Waals surface area (Å²) in [6.45, 7) is 0. The van der Waals surface area contributed by atoms with Gasteiger partial charge in [0, 0.05) is 29.0 Å². The molecular weight excluding hydrogens is 456 g/mol. The Morgan fingerprint density at radius 3 is 2.52 bits per heavy atom. The molecule has 7 nitrogen and oxygen atoms in total. The number of rotatable bonds is 7. The highest BCUT2D eigenvalue weighted by molar-refractivity contribution is 7.98. The lowest BCUT2D eigenvalue weighted by atomic mass is 9.81. The molecule has 2 fully saturated rings. The Morgan fingerprint density at radius 2 is 1.88 bits per heavy atom. The lowest BCUT2D eigenvalue weighted by molar-refractivity contribution is -0.146. The quantitative estimate of drug-likeness (QED) is 0.508. The van der Waals surface area contributed by atoms with Gasteiger partial charge in [0.05, 0.1) is 17.5 Å². The predicted molar refractivity (Wildman–Crippen MR) is 131 cm³/mol. The van der Waals surface area contributed by atoms with Crippen LogP contribution in [0.25, 0.3) is 16.2 Å². The van der Waals surface area contributed by atoms with Crippen LogP contribution >= 0.6 is 23.1 Å². The maximum absolute atomic E-state index is 13.3. The van der Waals surface area contributed by atoms with Crippen LogP contribution in [-0.4, -0.2) is 50.1 Å². The minimum Gasteiger partial charge on any atom is -0.324 e. The number of hydrogen-bond acceptors (Lipinski definition) is 6. The second-order valence-electron chi connectivity index (χ2n) is 8.63. The number of imide groups is 1. The average molecular weight is 483 g/mol. The first-order chi connectivity index (χ1) is 16.1. The Bertz CT molecular complexity index is 1130. The SMILES string of the molecule is CSCC[C@@H](C(=O)Nc1ccc(-c2cn3ccsc3n2)cc1)N1C(=O)[C@H]2CCCC[C@H]2C1=O. The molecule has 0 spiro atoms. The molecular formula is C24H26N4O3S2. The van der Waals surface area contributed by atoms with Gasteiger partial charge in [-0.3, -0.25) is 23.7 Å². The van der Waals surface area contributed by atoms with Crippen molar-refractivity contribution in [1.82, 2.24) is 14.3 Å². The maximum atomic E-state index is 13.3. The number of hydrogen-bond donors (Lipinski definition) is 1. The first kappa shape index (κ1) is 22.2. The van der Waals surface area contributed by atoms with Crippen LogP contribution in [0.4, 0.5) is 5.69 Å². The number of likely N-dealkylation sites (tertiary alicyclic amines) is 1. The molecule has 1 aliphatic carbocycles. The van der Waals surface area contributed by atoms with Crippen LogP contribution in [0.2, 0.25) is 0 Å². The van der Waals surface area contributed by atoms with Gasteiger partial charge in [0.25, 0.3) is 0 Å². The normalized spacial score (nSPS) is 21.4. The van der Waals surface area contributed by atoms with Gasteiger partial charge in [-0.2, -0.15) is 11.8 Å². The number of benzene rings is 1. The van der Waals surface area contributed by atoms with Crippen LogP contribution in [0.15, 0.2) is 42.0 Å². The summed E-state index contributed by atoms with van der Waals surface area (Å²) < 4.78 is 1.98. The summed E-state index contributed by atoms with van der Waals surface area (Å²) in [4.78, 5) is 46.2. The second kappa shape index (κ2) is 9.30. The Balaban J connectivity index is 1.33. The predicted octanol–water partition coefficient (Wildman–Crippen LogP) is 4.30. The first-order valence-electron chi connectivity index (χ1n) is 11.3. The second-order valence-corrected chi connectivity index (χ2v) is 10.5. The van der Waals surface area contributed by atoms with Crippen molar-refractivity contribution < 1.29 is 14.4 Å². The van der Waals surface area contributed by atoms with Crippen molar-refractivity contribution in [2.24, 2.45) is 11.8 Å². The lowest BCUT2D eigenvalue weighted by Crippen LogP contribution is -2.48. The molecule has 9 heteroatoms. The van der Waals surface area contributed by atoms with E-state index in [1.54, 1.807) is 23.1 Å². The smallest absolute Gasteiger partial charge is 0.247 e. The number of aromatic nitrogens is 2. The van der Waals surface area contributed by atoms with Crippen molar-refractivity contribution in [2.45, 2.75) is 38.1 Å². The van der Waals surface area contributed by atoms with E-state index in [0.717, 1.165) is 41.9 Å². The minimum absolute atomic E-state index is 0.166. The number of carbonyl (C=O) groups is 3. The summed E-state index contributed by atoms with van der Waals surface area (Å²) in [5.74, 6) is -0.443. The molecule has 2 aromatic heterocycles. The standard InChI is InChI=1S/C24H26N4O3S2/c1-32-12-10-20(28-22(30)17-4-2-3-5-18(17)23(28)31)21(29)25-16-8-6-15(7-9-16)19-14-27-11-13-33-24(27)26-19/h6-9,11,13-14,17-18,20H,2-5,10,12H2,1H3,(H,25,29)/t17-,18+,20-/m0/s1. The topological polar surface area (TPSA) is 83.8 Å². The molecule has 1 saturated carbocycles. The van der Waals surface area contributed by atoms with E-state index in [0.29, 0.717) is 17.9 Å². The summed E-state index contributed by atoms with van der Waals surface area (Å²) in [5.41, 5.74) is 2.46. The van der Waals surface area contributed by atoms with Gasteiger partial charge in [-0.15, -0.1) is 11.3 Å². The van der Waals surface area contributed by atoms with Gasteiger partial charge in [0.1, 0.15) is 6.04 Å². The van der Waals surface area contributed by atoms with Crippen molar-refractivity contribution in [3.63, 3.8) is 0 Å². The monoisotopic (exact) mass is 482 g/mol. The van der Waals surface area contributed by atoms with E-state index in [-0.39, 0.29) is 29.6 Å². The number of nitrogens with one attached hydrogen (secondary N) is 1. The third kappa shape index (κ3) is 4.19. The molecule has 33 heavy (non-hydrogen) atoms. The number of carbonyl (C=O) groups excluding carboxylic acids is 3. The van der Waals surface area contributed by atoms with Gasteiger partial charge in [0.2, 0.25) is 17.7 Å². The average Bonchev–Trinajstić information content (AvgIpc) is 3.50. The summed E-state index contributed by atoms with van der Waals surface area (Å²) in [6, 6.07) is 6.72. The molecule has 0 bridgehead atoms. The third-order valence-corrected chi connectivity index (χ3v) is 8.04. The number of fused-ring (bicyclic) bond motifs is 2. The van der Waals surface area contributed by atoms with E-state index >= 15 is 0 Å². The maximum Gasteiger partial charge on any atom is 0.247 e. The van der Waals surface area contributed by atoms with Crippen molar-refractivity contribution in [3.05, 3.63) is 42.0 Å². The number of nitrogens with zero attached hydrogens (tertiary/aromatic N) is 3. The molecule has 3 amide bonds. The van der Waals surface area contributed by atoms with Gasteiger partial charge in [-0.25, -0.2) is 4.98 Å². The zero-order chi connectivity index (χ0) is 22.9. The fourth-order valence-corrected chi connectivity index (χ4v) is 6.08. The van der Waals surface area contributed by atoms with E-state index in [1.165, 1.54) is 4.90 Å². The third-order valence-electron chi connectivity index (χ3n) is 6.63. The zero-order valence-electron chi connectivity index (χ0n) is 18.4. The highest BCUT2D eigenvalue weighted by atomic mass is 32.2. The molecule has 1 N–H and O–H groups in total. The van der Waals surface area contributed by atoms with E-state index in [9.17, 15) is 14.4 Å². The number of imidazole rings is 1.